The molecule has 0 N–H and O–H groups in total. The molecule has 0 aliphatic carbocycles. The van der Waals surface area contributed by atoms with Crippen LogP contribution in [0.5, 0.6) is 0 Å². The van der Waals surface area contributed by atoms with Crippen molar-refractivity contribution < 1.29 is 0 Å². The van der Waals surface area contributed by atoms with Crippen LogP contribution in [0.4, 0.5) is 5.69 Å². The average Bonchev–Trinajstić information content (AvgIpc) is 2.46. The number of benzene rings is 2. The molecule has 0 saturated heterocycles. The predicted molar refractivity (Wildman–Crippen MR) is 93.3 cm³/mol. The van der Waals surface area contributed by atoms with Crippen molar-refractivity contribution in [2.75, 3.05) is 0 Å². The maximum atomic E-state index is 5.92. The molecule has 1 nitrogen and oxygen atoms in total. The molecule has 110 valence electrons. The Morgan fingerprint density at radius 1 is 0.857 bits per heavy atom. The van der Waals surface area contributed by atoms with E-state index in [2.05, 4.69) is 45.9 Å². The van der Waals surface area contributed by atoms with Gasteiger partial charge in [-0.1, -0.05) is 69.6 Å². The largest absolute Gasteiger partial charge is 0.256 e. The van der Waals surface area contributed by atoms with Gasteiger partial charge in [-0.2, -0.15) is 0 Å². The molecule has 2 rings (SSSR count). The summed E-state index contributed by atoms with van der Waals surface area (Å²) in [5.41, 5.74) is 4.77. The van der Waals surface area contributed by atoms with Crippen LogP contribution >= 0.6 is 11.6 Å². The first-order valence-electron chi connectivity index (χ1n) is 7.41. The minimum Gasteiger partial charge on any atom is -0.256 e. The van der Waals surface area contributed by atoms with Crippen LogP contribution in [0.1, 0.15) is 56.2 Å². The molecule has 0 unspecified atom stereocenters. The highest BCUT2D eigenvalue weighted by atomic mass is 35.5. The van der Waals surface area contributed by atoms with Crippen molar-refractivity contribution in [3.63, 3.8) is 0 Å². The van der Waals surface area contributed by atoms with Gasteiger partial charge in [0.2, 0.25) is 0 Å². The van der Waals surface area contributed by atoms with E-state index < -0.39 is 0 Å². The number of halogens is 1. The highest BCUT2D eigenvalue weighted by molar-refractivity contribution is 6.30. The molecule has 0 heterocycles. The lowest BCUT2D eigenvalue weighted by molar-refractivity contribution is 0.835. The zero-order valence-electron chi connectivity index (χ0n) is 13.1. The third kappa shape index (κ3) is 3.95. The van der Waals surface area contributed by atoms with Crippen LogP contribution in [-0.2, 0) is 0 Å². The van der Waals surface area contributed by atoms with Gasteiger partial charge in [-0.3, -0.25) is 4.99 Å². The Balaban J connectivity index is 2.43. The van der Waals surface area contributed by atoms with Crippen LogP contribution in [-0.4, -0.2) is 6.21 Å². The summed E-state index contributed by atoms with van der Waals surface area (Å²) in [5.74, 6) is 0.919. The molecular weight excluding hydrogens is 278 g/mol. The molecule has 2 aromatic rings. The second-order valence-electron chi connectivity index (χ2n) is 5.90. The summed E-state index contributed by atoms with van der Waals surface area (Å²) in [7, 11) is 0. The molecule has 2 aromatic carbocycles. The normalized spacial score (nSPS) is 11.8. The minimum atomic E-state index is 0.459. The second kappa shape index (κ2) is 6.91. The number of aliphatic imine (C=N–C) groups is 1. The van der Waals surface area contributed by atoms with Crippen molar-refractivity contribution in [3.05, 3.63) is 64.2 Å². The summed E-state index contributed by atoms with van der Waals surface area (Å²) < 4.78 is 0. The smallest absolute Gasteiger partial charge is 0.0699 e. The molecule has 0 bridgehead atoms. The van der Waals surface area contributed by atoms with Gasteiger partial charge in [-0.25, -0.2) is 0 Å². The Kier molecular flexibility index (Phi) is 5.19. The number of hydrogen-bond acceptors (Lipinski definition) is 1. The second-order valence-corrected chi connectivity index (χ2v) is 6.34. The van der Waals surface area contributed by atoms with E-state index in [9.17, 15) is 0 Å². The average molecular weight is 300 g/mol. The van der Waals surface area contributed by atoms with Crippen molar-refractivity contribution in [3.8, 4) is 0 Å². The fraction of sp³-hybridized carbons (Fsp3) is 0.316. The van der Waals surface area contributed by atoms with Crippen molar-refractivity contribution in [2.24, 2.45) is 4.99 Å². The van der Waals surface area contributed by atoms with Gasteiger partial charge >= 0.3 is 0 Å². The van der Waals surface area contributed by atoms with E-state index in [0.717, 1.165) is 16.3 Å². The third-order valence-electron chi connectivity index (χ3n) is 3.56. The van der Waals surface area contributed by atoms with E-state index in [1.807, 2.05) is 30.5 Å². The standard InChI is InChI=1S/C19H22ClN/c1-13(2)17-6-5-7-18(14(3)4)19(17)21-12-15-8-10-16(20)11-9-15/h5-14H,1-4H3. The van der Waals surface area contributed by atoms with E-state index in [1.165, 1.54) is 11.1 Å². The van der Waals surface area contributed by atoms with E-state index in [4.69, 9.17) is 16.6 Å². The highest BCUT2D eigenvalue weighted by Gasteiger charge is 2.12. The van der Waals surface area contributed by atoms with Crippen LogP contribution in [0.3, 0.4) is 0 Å². The Labute approximate surface area is 132 Å². The third-order valence-corrected chi connectivity index (χ3v) is 3.81. The molecule has 0 spiro atoms. The van der Waals surface area contributed by atoms with Gasteiger partial charge in [-0.15, -0.1) is 0 Å². The summed E-state index contributed by atoms with van der Waals surface area (Å²) in [6.07, 6.45) is 1.92. The number of para-hydroxylation sites is 1. The van der Waals surface area contributed by atoms with Gasteiger partial charge in [-0.05, 0) is 40.7 Å². The summed E-state index contributed by atoms with van der Waals surface area (Å²) in [4.78, 5) is 4.78. The number of rotatable bonds is 4. The molecule has 0 aliphatic rings. The Morgan fingerprint density at radius 2 is 1.38 bits per heavy atom. The molecule has 0 saturated carbocycles. The molecule has 0 amide bonds. The first kappa shape index (κ1) is 15.8. The van der Waals surface area contributed by atoms with Crippen LogP contribution in [0.25, 0.3) is 0 Å². The van der Waals surface area contributed by atoms with Gasteiger partial charge < -0.3 is 0 Å². The van der Waals surface area contributed by atoms with Gasteiger partial charge in [0, 0.05) is 11.2 Å². The van der Waals surface area contributed by atoms with Crippen LogP contribution in [0.2, 0.25) is 5.02 Å². The highest BCUT2D eigenvalue weighted by Crippen LogP contribution is 2.34. The van der Waals surface area contributed by atoms with E-state index in [-0.39, 0.29) is 0 Å². The van der Waals surface area contributed by atoms with Crippen molar-refractivity contribution in [1.29, 1.82) is 0 Å². The van der Waals surface area contributed by atoms with Crippen molar-refractivity contribution >= 4 is 23.5 Å². The fourth-order valence-electron chi connectivity index (χ4n) is 2.35. The van der Waals surface area contributed by atoms with E-state index in [0.29, 0.717) is 11.8 Å². The molecule has 0 aromatic heterocycles. The molecule has 0 aliphatic heterocycles. The molecule has 0 radical (unpaired) electrons. The zero-order valence-corrected chi connectivity index (χ0v) is 13.9. The maximum absolute atomic E-state index is 5.92. The first-order valence-corrected chi connectivity index (χ1v) is 7.79. The Hall–Kier alpha value is -1.60. The van der Waals surface area contributed by atoms with Crippen LogP contribution in [0, 0.1) is 0 Å². The van der Waals surface area contributed by atoms with Crippen molar-refractivity contribution in [2.45, 2.75) is 39.5 Å². The van der Waals surface area contributed by atoms with E-state index >= 15 is 0 Å². The van der Waals surface area contributed by atoms with Gasteiger partial charge in [0.25, 0.3) is 0 Å². The van der Waals surface area contributed by atoms with Crippen LogP contribution in [0.15, 0.2) is 47.5 Å². The first-order chi connectivity index (χ1) is 9.99. The molecule has 2 heteroatoms. The topological polar surface area (TPSA) is 12.4 Å². The quantitative estimate of drug-likeness (QED) is 0.584. The SMILES string of the molecule is CC(C)c1cccc(C(C)C)c1N=Cc1ccc(Cl)cc1. The lowest BCUT2D eigenvalue weighted by atomic mass is 9.93. The Bertz CT molecular complexity index is 598. The summed E-state index contributed by atoms with van der Waals surface area (Å²) in [6, 6.07) is 14.2. The fourth-order valence-corrected chi connectivity index (χ4v) is 2.47. The van der Waals surface area contributed by atoms with Gasteiger partial charge in [0.1, 0.15) is 0 Å². The lowest BCUT2D eigenvalue weighted by Crippen LogP contribution is -1.95. The summed E-state index contributed by atoms with van der Waals surface area (Å²) >= 11 is 5.92. The van der Waals surface area contributed by atoms with Crippen LogP contribution < -0.4 is 0 Å². The van der Waals surface area contributed by atoms with E-state index in [1.54, 1.807) is 0 Å². The number of hydrogen-bond donors (Lipinski definition) is 0. The molecule has 21 heavy (non-hydrogen) atoms. The number of nitrogens with zero attached hydrogens (tertiary/aromatic N) is 1. The van der Waals surface area contributed by atoms with Crippen molar-refractivity contribution in [1.82, 2.24) is 0 Å². The zero-order chi connectivity index (χ0) is 15.4. The molecule has 0 fully saturated rings. The minimum absolute atomic E-state index is 0.459. The monoisotopic (exact) mass is 299 g/mol. The van der Waals surface area contributed by atoms with Gasteiger partial charge in [0.05, 0.1) is 5.69 Å². The maximum Gasteiger partial charge on any atom is 0.0699 e. The molecule has 0 atom stereocenters. The predicted octanol–water partition coefficient (Wildman–Crippen LogP) is 6.34. The summed E-state index contributed by atoms with van der Waals surface area (Å²) in [6.45, 7) is 8.84. The lowest BCUT2D eigenvalue weighted by Gasteiger charge is -2.16. The van der Waals surface area contributed by atoms with Gasteiger partial charge in [0.15, 0.2) is 0 Å². The molecular formula is C19H22ClN. The summed E-state index contributed by atoms with van der Waals surface area (Å²) in [5, 5.41) is 0.748. The Morgan fingerprint density at radius 3 is 1.86 bits per heavy atom.